The van der Waals surface area contributed by atoms with Crippen LogP contribution in [0.4, 0.5) is 5.69 Å². The summed E-state index contributed by atoms with van der Waals surface area (Å²) in [6.07, 6.45) is 4.13. The van der Waals surface area contributed by atoms with Crippen LogP contribution in [0, 0.1) is 17.3 Å². The smallest absolute Gasteiger partial charge is 0.307 e. The summed E-state index contributed by atoms with van der Waals surface area (Å²) < 4.78 is 0. The number of aromatic hydroxyl groups is 1. The second-order valence-corrected chi connectivity index (χ2v) is 6.95. The van der Waals surface area contributed by atoms with Crippen molar-refractivity contribution in [3.63, 3.8) is 0 Å². The highest BCUT2D eigenvalue weighted by Crippen LogP contribution is 2.58. The molecule has 0 saturated heterocycles. The zero-order chi connectivity index (χ0) is 16.1. The minimum Gasteiger partial charge on any atom is -0.506 e. The first-order chi connectivity index (χ1) is 10.3. The predicted molar refractivity (Wildman–Crippen MR) is 81.8 cm³/mol. The standard InChI is InChI=1S/C17H21NO4/c1-17(2)13(14(17)16(21)22)15(20)18-11-7-9-5-3-4-6-10(9)8-12(11)19/h7-8,13-14,19H,3-6H2,1-2H3,(H,18,20)(H,21,22)/t13-,14-/m1/s1. The van der Waals surface area contributed by atoms with E-state index < -0.39 is 23.2 Å². The van der Waals surface area contributed by atoms with Crippen molar-refractivity contribution in [2.45, 2.75) is 39.5 Å². The summed E-state index contributed by atoms with van der Waals surface area (Å²) in [7, 11) is 0. The van der Waals surface area contributed by atoms with Crippen molar-refractivity contribution in [2.24, 2.45) is 17.3 Å². The number of hydrogen-bond acceptors (Lipinski definition) is 3. The fraction of sp³-hybridized carbons (Fsp3) is 0.529. The van der Waals surface area contributed by atoms with Gasteiger partial charge in [0.25, 0.3) is 0 Å². The molecular formula is C17H21NO4. The number of phenols is 1. The van der Waals surface area contributed by atoms with Gasteiger partial charge >= 0.3 is 5.97 Å². The number of amides is 1. The molecule has 0 bridgehead atoms. The number of fused-ring (bicyclic) bond motifs is 1. The van der Waals surface area contributed by atoms with Gasteiger partial charge in [0.15, 0.2) is 0 Å². The second-order valence-electron chi connectivity index (χ2n) is 6.95. The van der Waals surface area contributed by atoms with E-state index in [4.69, 9.17) is 5.11 Å². The molecule has 5 nitrogen and oxygen atoms in total. The first kappa shape index (κ1) is 14.9. The highest BCUT2D eigenvalue weighted by atomic mass is 16.4. The lowest BCUT2D eigenvalue weighted by atomic mass is 9.91. The summed E-state index contributed by atoms with van der Waals surface area (Å²) in [5, 5.41) is 22.0. The van der Waals surface area contributed by atoms with Crippen LogP contribution in [0.2, 0.25) is 0 Å². The van der Waals surface area contributed by atoms with E-state index >= 15 is 0 Å². The van der Waals surface area contributed by atoms with Gasteiger partial charge in [0.2, 0.25) is 5.91 Å². The molecule has 3 rings (SSSR count). The lowest BCUT2D eigenvalue weighted by Crippen LogP contribution is -2.18. The fourth-order valence-electron chi connectivity index (χ4n) is 3.67. The van der Waals surface area contributed by atoms with E-state index in [0.29, 0.717) is 5.69 Å². The van der Waals surface area contributed by atoms with Crippen molar-refractivity contribution < 1.29 is 19.8 Å². The number of aryl methyl sites for hydroxylation is 2. The molecule has 22 heavy (non-hydrogen) atoms. The molecule has 118 valence electrons. The monoisotopic (exact) mass is 303 g/mol. The quantitative estimate of drug-likeness (QED) is 0.749. The molecule has 1 aromatic carbocycles. The molecule has 2 atom stereocenters. The average molecular weight is 303 g/mol. The van der Waals surface area contributed by atoms with E-state index in [1.54, 1.807) is 19.9 Å². The van der Waals surface area contributed by atoms with E-state index in [0.717, 1.165) is 36.8 Å². The molecule has 0 aliphatic heterocycles. The third-order valence-electron chi connectivity index (χ3n) is 5.09. The third kappa shape index (κ3) is 2.34. The van der Waals surface area contributed by atoms with Gasteiger partial charge in [-0.05, 0) is 54.4 Å². The number of benzene rings is 1. The Bertz CT molecular complexity index is 650. The normalized spacial score (nSPS) is 25.2. The van der Waals surface area contributed by atoms with Crippen LogP contribution in [0.3, 0.4) is 0 Å². The van der Waals surface area contributed by atoms with Gasteiger partial charge in [-0.25, -0.2) is 0 Å². The molecule has 1 aromatic rings. The Morgan fingerprint density at radius 3 is 2.27 bits per heavy atom. The molecule has 0 aromatic heterocycles. The minimum absolute atomic E-state index is 0.0549. The van der Waals surface area contributed by atoms with Gasteiger partial charge in [-0.2, -0.15) is 0 Å². The molecular weight excluding hydrogens is 282 g/mol. The number of nitrogens with one attached hydrogen (secondary N) is 1. The highest BCUT2D eigenvalue weighted by molar-refractivity contribution is 6.00. The Balaban J connectivity index is 1.79. The number of carbonyl (C=O) groups excluding carboxylic acids is 1. The van der Waals surface area contributed by atoms with E-state index in [1.807, 2.05) is 6.07 Å². The predicted octanol–water partition coefficient (Wildman–Crippen LogP) is 2.57. The Hall–Kier alpha value is -2.04. The summed E-state index contributed by atoms with van der Waals surface area (Å²) in [5.74, 6) is -2.43. The van der Waals surface area contributed by atoms with E-state index in [9.17, 15) is 14.7 Å². The van der Waals surface area contributed by atoms with Crippen LogP contribution in [0.15, 0.2) is 12.1 Å². The maximum atomic E-state index is 12.3. The number of anilines is 1. The number of rotatable bonds is 3. The number of hydrogen-bond donors (Lipinski definition) is 3. The van der Waals surface area contributed by atoms with Crippen molar-refractivity contribution in [1.29, 1.82) is 0 Å². The van der Waals surface area contributed by atoms with E-state index in [1.165, 1.54) is 0 Å². The lowest BCUT2D eigenvalue weighted by Gasteiger charge is -2.18. The highest BCUT2D eigenvalue weighted by Gasteiger charge is 2.65. The summed E-state index contributed by atoms with van der Waals surface area (Å²) in [5.41, 5.74) is 2.14. The maximum absolute atomic E-state index is 12.3. The van der Waals surface area contributed by atoms with Crippen molar-refractivity contribution in [2.75, 3.05) is 5.32 Å². The molecule has 0 spiro atoms. The molecule has 1 amide bonds. The van der Waals surface area contributed by atoms with Crippen LogP contribution in [0.5, 0.6) is 5.75 Å². The summed E-state index contributed by atoms with van der Waals surface area (Å²) in [6, 6.07) is 3.55. The number of phenolic OH excluding ortho intramolecular Hbond substituents is 1. The lowest BCUT2D eigenvalue weighted by molar-refractivity contribution is -0.140. The Morgan fingerprint density at radius 1 is 1.14 bits per heavy atom. The zero-order valence-electron chi connectivity index (χ0n) is 12.8. The molecule has 2 aliphatic carbocycles. The van der Waals surface area contributed by atoms with Crippen LogP contribution < -0.4 is 5.32 Å². The summed E-state index contributed by atoms with van der Waals surface area (Å²) in [4.78, 5) is 23.5. The molecule has 0 radical (unpaired) electrons. The van der Waals surface area contributed by atoms with Crippen LogP contribution in [0.1, 0.15) is 37.8 Å². The largest absolute Gasteiger partial charge is 0.506 e. The first-order valence-electron chi connectivity index (χ1n) is 7.71. The molecule has 1 fully saturated rings. The molecule has 2 aliphatic rings. The van der Waals surface area contributed by atoms with Gasteiger partial charge in [-0.15, -0.1) is 0 Å². The maximum Gasteiger partial charge on any atom is 0.307 e. The van der Waals surface area contributed by atoms with E-state index in [2.05, 4.69) is 5.32 Å². The third-order valence-corrected chi connectivity index (χ3v) is 5.09. The average Bonchev–Trinajstić information content (AvgIpc) is 3.03. The van der Waals surface area contributed by atoms with Gasteiger partial charge in [0, 0.05) is 0 Å². The summed E-state index contributed by atoms with van der Waals surface area (Å²) >= 11 is 0. The zero-order valence-corrected chi connectivity index (χ0v) is 12.8. The minimum atomic E-state index is -0.945. The molecule has 5 heteroatoms. The van der Waals surface area contributed by atoms with Gasteiger partial charge in [-0.1, -0.05) is 13.8 Å². The molecule has 3 N–H and O–H groups in total. The SMILES string of the molecule is CC1(C)[C@@H](C(=O)O)[C@@H]1C(=O)Nc1cc2c(cc1O)CCCC2. The molecule has 0 heterocycles. The number of aliphatic carboxylic acids is 1. The van der Waals surface area contributed by atoms with Crippen molar-refractivity contribution in [3.05, 3.63) is 23.3 Å². The van der Waals surface area contributed by atoms with Gasteiger partial charge in [-0.3, -0.25) is 9.59 Å². The van der Waals surface area contributed by atoms with Crippen LogP contribution in [-0.4, -0.2) is 22.1 Å². The van der Waals surface area contributed by atoms with Crippen LogP contribution in [-0.2, 0) is 22.4 Å². The molecule has 1 saturated carbocycles. The Labute approximate surface area is 129 Å². The fourth-order valence-corrected chi connectivity index (χ4v) is 3.67. The van der Waals surface area contributed by atoms with Gasteiger partial charge in [0.1, 0.15) is 5.75 Å². The molecule has 0 unspecified atom stereocenters. The van der Waals surface area contributed by atoms with Crippen LogP contribution in [0.25, 0.3) is 0 Å². The van der Waals surface area contributed by atoms with Crippen molar-refractivity contribution in [3.8, 4) is 5.75 Å². The second kappa shape index (κ2) is 5.00. The van der Waals surface area contributed by atoms with Crippen molar-refractivity contribution >= 4 is 17.6 Å². The summed E-state index contributed by atoms with van der Waals surface area (Å²) in [6.45, 7) is 3.56. The van der Waals surface area contributed by atoms with Gasteiger partial charge in [0.05, 0.1) is 17.5 Å². The van der Waals surface area contributed by atoms with Crippen LogP contribution >= 0.6 is 0 Å². The Morgan fingerprint density at radius 2 is 1.73 bits per heavy atom. The first-order valence-corrected chi connectivity index (χ1v) is 7.71. The number of carboxylic acid groups (broad SMARTS) is 1. The number of carbonyl (C=O) groups is 2. The van der Waals surface area contributed by atoms with Crippen molar-refractivity contribution in [1.82, 2.24) is 0 Å². The topological polar surface area (TPSA) is 86.6 Å². The van der Waals surface area contributed by atoms with E-state index in [-0.39, 0.29) is 11.7 Å². The Kier molecular flexibility index (Phi) is 3.38. The van der Waals surface area contributed by atoms with Gasteiger partial charge < -0.3 is 15.5 Å². The number of carboxylic acids is 1.